The third-order valence-electron chi connectivity index (χ3n) is 5.41. The summed E-state index contributed by atoms with van der Waals surface area (Å²) in [7, 11) is -2.71. The number of halogens is 3. The van der Waals surface area contributed by atoms with E-state index in [4.69, 9.17) is 34.8 Å². The maximum Gasteiger partial charge on any atom is 0.461 e. The van der Waals surface area contributed by atoms with E-state index in [0.29, 0.717) is 11.1 Å². The normalized spacial score (nSPS) is 11.9. The molecule has 1 unspecified atom stereocenters. The first-order chi connectivity index (χ1) is 15.3. The fraction of sp³-hybridized carbons (Fsp3) is 0.231. The monoisotopic (exact) mass is 519 g/mol. The number of carbonyl (C=O) groups is 2. The highest BCUT2D eigenvalue weighted by molar-refractivity contribution is 7.72. The largest absolute Gasteiger partial charge is 0.461 e. The molecule has 0 N–H and O–H groups in total. The minimum atomic E-state index is -2.71. The van der Waals surface area contributed by atoms with E-state index in [2.05, 4.69) is 20.8 Å². The van der Waals surface area contributed by atoms with Crippen molar-refractivity contribution in [2.24, 2.45) is 0 Å². The third kappa shape index (κ3) is 5.08. The number of hydrogen-bond acceptors (Lipinski definition) is 3. The first kappa shape index (κ1) is 25.6. The van der Waals surface area contributed by atoms with Crippen molar-refractivity contribution < 1.29 is 14.2 Å². The molecule has 0 aromatic heterocycles. The van der Waals surface area contributed by atoms with Crippen molar-refractivity contribution >= 4 is 59.2 Å². The van der Waals surface area contributed by atoms with Crippen LogP contribution in [0.25, 0.3) is 0 Å². The molecule has 3 aromatic carbocycles. The van der Waals surface area contributed by atoms with E-state index in [1.807, 2.05) is 26.0 Å². The number of benzene rings is 3. The summed E-state index contributed by atoms with van der Waals surface area (Å²) in [5.41, 5.74) is 2.51. The molecule has 7 heteroatoms. The summed E-state index contributed by atoms with van der Waals surface area (Å²) >= 11 is 19.2. The lowest BCUT2D eigenvalue weighted by Crippen LogP contribution is -2.16. The second kappa shape index (κ2) is 9.68. The minimum Gasteiger partial charge on any atom is -0.288 e. The van der Waals surface area contributed by atoms with Gasteiger partial charge in [0.25, 0.3) is 0 Å². The molecule has 0 heterocycles. The van der Waals surface area contributed by atoms with Crippen molar-refractivity contribution in [2.45, 2.75) is 40.0 Å². The lowest BCUT2D eigenvalue weighted by Gasteiger charge is -2.21. The van der Waals surface area contributed by atoms with Gasteiger partial charge in [-0.05, 0) is 42.0 Å². The standard InChI is InChI=1S/C26H23Cl3O3P/c1-14-11-17(26(3,4)5)12-15(2)20(14)25(31)33(32)24-19(28)13-18(27)21(22(24)29)23(30)16-9-7-6-8-10-16/h6-13H,1-5H3/q+1. The second-order valence-electron chi connectivity index (χ2n) is 8.91. The van der Waals surface area contributed by atoms with Crippen molar-refractivity contribution in [3.8, 4) is 0 Å². The zero-order valence-corrected chi connectivity index (χ0v) is 22.1. The minimum absolute atomic E-state index is 0.0225. The Kier molecular flexibility index (Phi) is 7.51. The van der Waals surface area contributed by atoms with Gasteiger partial charge in [-0.25, -0.2) is 4.79 Å². The quantitative estimate of drug-likeness (QED) is 0.252. The molecule has 0 spiro atoms. The van der Waals surface area contributed by atoms with Crippen LogP contribution in [0.3, 0.4) is 0 Å². The second-order valence-corrected chi connectivity index (χ2v) is 11.5. The SMILES string of the molecule is Cc1cc(C(C)(C)C)cc(C)c1C(=O)[P+](=O)c1c(Cl)cc(Cl)c(C(=O)c2ccccc2)c1Cl. The molecule has 0 bridgehead atoms. The van der Waals surface area contributed by atoms with Crippen molar-refractivity contribution in [1.29, 1.82) is 0 Å². The van der Waals surface area contributed by atoms with Crippen LogP contribution in [0.5, 0.6) is 0 Å². The Labute approximate surface area is 209 Å². The summed E-state index contributed by atoms with van der Waals surface area (Å²) in [5.74, 6) is -0.443. The lowest BCUT2D eigenvalue weighted by atomic mass is 9.84. The number of ketones is 1. The summed E-state index contributed by atoms with van der Waals surface area (Å²) in [4.78, 5) is 26.4. The van der Waals surface area contributed by atoms with Crippen LogP contribution in [0.1, 0.15) is 63.7 Å². The molecule has 0 aliphatic carbocycles. The van der Waals surface area contributed by atoms with Crippen LogP contribution in [-0.4, -0.2) is 11.3 Å². The van der Waals surface area contributed by atoms with Crippen LogP contribution in [0, 0.1) is 13.8 Å². The van der Waals surface area contributed by atoms with Gasteiger partial charge >= 0.3 is 13.3 Å². The predicted octanol–water partition coefficient (Wildman–Crippen LogP) is 8.09. The molecule has 0 aliphatic heterocycles. The van der Waals surface area contributed by atoms with Crippen LogP contribution in [0.15, 0.2) is 48.5 Å². The Morgan fingerprint density at radius 1 is 0.818 bits per heavy atom. The molecule has 0 saturated heterocycles. The number of aryl methyl sites for hydroxylation is 2. The highest BCUT2D eigenvalue weighted by Gasteiger charge is 2.41. The van der Waals surface area contributed by atoms with E-state index in [1.165, 1.54) is 6.07 Å². The molecule has 0 fully saturated rings. The van der Waals surface area contributed by atoms with E-state index in [-0.39, 0.29) is 31.4 Å². The predicted molar refractivity (Wildman–Crippen MR) is 138 cm³/mol. The first-order valence-electron chi connectivity index (χ1n) is 10.2. The Balaban J connectivity index is 2.12. The molecule has 0 saturated carbocycles. The van der Waals surface area contributed by atoms with Gasteiger partial charge in [-0.15, -0.1) is 0 Å². The molecule has 170 valence electrons. The smallest absolute Gasteiger partial charge is 0.288 e. The van der Waals surface area contributed by atoms with E-state index in [1.54, 1.807) is 30.3 Å². The van der Waals surface area contributed by atoms with Crippen LogP contribution >= 0.6 is 42.6 Å². The Bertz CT molecular complexity index is 1270. The summed E-state index contributed by atoms with van der Waals surface area (Å²) in [5, 5.41) is -0.246. The van der Waals surface area contributed by atoms with Crippen molar-refractivity contribution in [2.75, 3.05) is 0 Å². The van der Waals surface area contributed by atoms with Crippen LogP contribution < -0.4 is 5.30 Å². The van der Waals surface area contributed by atoms with Gasteiger partial charge in [-0.1, -0.05) is 103 Å². The van der Waals surface area contributed by atoms with Crippen LogP contribution in [-0.2, 0) is 9.98 Å². The Morgan fingerprint density at radius 3 is 1.88 bits per heavy atom. The highest BCUT2D eigenvalue weighted by Crippen LogP contribution is 2.40. The van der Waals surface area contributed by atoms with Crippen LogP contribution in [0.4, 0.5) is 0 Å². The maximum absolute atomic E-state index is 13.5. The molecule has 3 aromatic rings. The van der Waals surface area contributed by atoms with Gasteiger partial charge in [-0.2, -0.15) is 0 Å². The van der Waals surface area contributed by atoms with Gasteiger partial charge in [0.1, 0.15) is 5.02 Å². The van der Waals surface area contributed by atoms with Gasteiger partial charge in [0.15, 0.2) is 5.78 Å². The average molecular weight is 521 g/mol. The first-order valence-corrected chi connectivity index (χ1v) is 12.6. The molecule has 0 aliphatic rings. The molecule has 3 nitrogen and oxygen atoms in total. The summed E-state index contributed by atoms with van der Waals surface area (Å²) in [6, 6.07) is 13.6. The lowest BCUT2D eigenvalue weighted by molar-refractivity contribution is 0.103. The molecule has 1 atom stereocenters. The zero-order chi connectivity index (χ0) is 24.7. The van der Waals surface area contributed by atoms with E-state index in [9.17, 15) is 14.2 Å². The fourth-order valence-corrected chi connectivity index (χ4v) is 6.35. The van der Waals surface area contributed by atoms with Crippen molar-refractivity contribution in [1.82, 2.24) is 0 Å². The number of rotatable bonds is 5. The molecule has 33 heavy (non-hydrogen) atoms. The van der Waals surface area contributed by atoms with Gasteiger partial charge in [0, 0.05) is 5.56 Å². The van der Waals surface area contributed by atoms with E-state index in [0.717, 1.165) is 16.7 Å². The van der Waals surface area contributed by atoms with Crippen molar-refractivity contribution in [3.63, 3.8) is 0 Å². The van der Waals surface area contributed by atoms with Crippen LogP contribution in [0.2, 0.25) is 15.1 Å². The topological polar surface area (TPSA) is 51.2 Å². The molecule has 0 radical (unpaired) electrons. The fourth-order valence-electron chi connectivity index (χ4n) is 3.64. The highest BCUT2D eigenvalue weighted by atomic mass is 35.5. The Hall–Kier alpha value is -2.03. The Morgan fingerprint density at radius 2 is 1.36 bits per heavy atom. The zero-order valence-electron chi connectivity index (χ0n) is 18.9. The third-order valence-corrected chi connectivity index (χ3v) is 8.11. The average Bonchev–Trinajstić information content (AvgIpc) is 2.72. The maximum atomic E-state index is 13.5. The van der Waals surface area contributed by atoms with Gasteiger partial charge in [-0.3, -0.25) is 4.79 Å². The number of carbonyl (C=O) groups excluding carboxylic acids is 2. The summed E-state index contributed by atoms with van der Waals surface area (Å²) in [6.45, 7) is 9.88. The van der Waals surface area contributed by atoms with E-state index >= 15 is 0 Å². The number of hydrogen-bond donors (Lipinski definition) is 0. The summed E-state index contributed by atoms with van der Waals surface area (Å²) < 4.78 is 13.5. The molecular weight excluding hydrogens is 498 g/mol. The summed E-state index contributed by atoms with van der Waals surface area (Å²) in [6.07, 6.45) is 0. The van der Waals surface area contributed by atoms with Gasteiger partial charge < -0.3 is 0 Å². The molecule has 0 amide bonds. The van der Waals surface area contributed by atoms with Gasteiger partial charge in [0.2, 0.25) is 5.30 Å². The van der Waals surface area contributed by atoms with Crippen molar-refractivity contribution in [3.05, 3.63) is 97.0 Å². The molecule has 3 rings (SSSR count). The van der Waals surface area contributed by atoms with E-state index < -0.39 is 19.1 Å². The molecular formula is C26H23Cl3O3P+. The van der Waals surface area contributed by atoms with Gasteiger partial charge in [0.05, 0.1) is 21.2 Å².